The number of imidazole rings is 1. The Labute approximate surface area is 87.6 Å². The minimum absolute atomic E-state index is 0.385. The van der Waals surface area contributed by atoms with E-state index in [-0.39, 0.29) is 0 Å². The highest BCUT2D eigenvalue weighted by Crippen LogP contribution is 2.29. The van der Waals surface area contributed by atoms with Gasteiger partial charge in [-0.1, -0.05) is 11.6 Å². The Hall–Kier alpha value is -1.12. The highest BCUT2D eigenvalue weighted by molar-refractivity contribution is 6.30. The molecule has 1 aromatic heterocycles. The topological polar surface area (TPSA) is 47.2 Å². The minimum Gasteiger partial charge on any atom is -0.331 e. The number of nitrogens with zero attached hydrogens (tertiary/aromatic N) is 3. The average molecular weight is 214 g/mol. The SMILES string of the molecule is CCn1cnc(Cl)c1C(C)(C)N=C=O. The van der Waals surface area contributed by atoms with Crippen LogP contribution in [0.1, 0.15) is 26.5 Å². The summed E-state index contributed by atoms with van der Waals surface area (Å²) in [6.45, 7) is 6.31. The summed E-state index contributed by atoms with van der Waals surface area (Å²) < 4.78 is 1.86. The Morgan fingerprint density at radius 1 is 1.71 bits per heavy atom. The minimum atomic E-state index is -0.675. The van der Waals surface area contributed by atoms with E-state index in [1.165, 1.54) is 0 Å². The summed E-state index contributed by atoms with van der Waals surface area (Å²) >= 11 is 5.92. The van der Waals surface area contributed by atoms with Gasteiger partial charge in [-0.15, -0.1) is 0 Å². The lowest BCUT2D eigenvalue weighted by Gasteiger charge is -2.19. The maximum absolute atomic E-state index is 10.3. The monoisotopic (exact) mass is 213 g/mol. The Bertz CT molecular complexity index is 377. The Morgan fingerprint density at radius 3 is 2.86 bits per heavy atom. The van der Waals surface area contributed by atoms with E-state index in [1.54, 1.807) is 26.3 Å². The predicted molar refractivity (Wildman–Crippen MR) is 54.1 cm³/mol. The van der Waals surface area contributed by atoms with Crippen molar-refractivity contribution in [3.05, 3.63) is 17.2 Å². The lowest BCUT2D eigenvalue weighted by molar-refractivity contribution is 0.489. The van der Waals surface area contributed by atoms with E-state index in [2.05, 4.69) is 9.98 Å². The third-order valence-corrected chi connectivity index (χ3v) is 2.32. The van der Waals surface area contributed by atoms with Crippen molar-refractivity contribution in [2.75, 3.05) is 0 Å². The van der Waals surface area contributed by atoms with E-state index in [9.17, 15) is 4.79 Å². The van der Waals surface area contributed by atoms with Crippen molar-refractivity contribution in [3.63, 3.8) is 0 Å². The Balaban J connectivity index is 3.28. The molecule has 14 heavy (non-hydrogen) atoms. The number of hydrogen-bond acceptors (Lipinski definition) is 3. The molecule has 0 saturated carbocycles. The quantitative estimate of drug-likeness (QED) is 0.571. The Morgan fingerprint density at radius 2 is 2.36 bits per heavy atom. The molecule has 1 rings (SSSR count). The fourth-order valence-electron chi connectivity index (χ4n) is 1.37. The molecule has 0 amide bonds. The number of aromatic nitrogens is 2. The van der Waals surface area contributed by atoms with E-state index in [0.717, 1.165) is 12.2 Å². The van der Waals surface area contributed by atoms with E-state index in [0.29, 0.717) is 5.15 Å². The molecule has 0 atom stereocenters. The lowest BCUT2D eigenvalue weighted by atomic mass is 10.0. The zero-order valence-electron chi connectivity index (χ0n) is 8.41. The Kier molecular flexibility index (Phi) is 3.09. The van der Waals surface area contributed by atoms with Crippen LogP contribution in [-0.4, -0.2) is 15.6 Å². The zero-order chi connectivity index (χ0) is 10.8. The first kappa shape index (κ1) is 11.0. The third-order valence-electron chi connectivity index (χ3n) is 2.04. The number of isocyanates is 1. The highest BCUT2D eigenvalue weighted by atomic mass is 35.5. The van der Waals surface area contributed by atoms with Crippen molar-refractivity contribution >= 4 is 17.7 Å². The molecular weight excluding hydrogens is 202 g/mol. The first-order chi connectivity index (χ1) is 6.53. The second-order valence-electron chi connectivity index (χ2n) is 3.43. The molecule has 0 aliphatic heterocycles. The van der Waals surface area contributed by atoms with Gasteiger partial charge in [0.15, 0.2) is 5.15 Å². The maximum atomic E-state index is 10.3. The van der Waals surface area contributed by atoms with Crippen LogP contribution in [0.25, 0.3) is 0 Å². The van der Waals surface area contributed by atoms with Crippen molar-refractivity contribution in [1.29, 1.82) is 0 Å². The van der Waals surface area contributed by atoms with Crippen LogP contribution in [0.15, 0.2) is 11.3 Å². The molecule has 0 unspecified atom stereocenters. The number of hydrogen-bond donors (Lipinski definition) is 0. The first-order valence-electron chi connectivity index (χ1n) is 4.33. The van der Waals surface area contributed by atoms with Crippen molar-refractivity contribution in [2.45, 2.75) is 32.9 Å². The second-order valence-corrected chi connectivity index (χ2v) is 3.79. The van der Waals surface area contributed by atoms with Crippen molar-refractivity contribution in [1.82, 2.24) is 9.55 Å². The number of carbonyl (C=O) groups excluding carboxylic acids is 1. The summed E-state index contributed by atoms with van der Waals surface area (Å²) in [7, 11) is 0. The van der Waals surface area contributed by atoms with Gasteiger partial charge < -0.3 is 4.57 Å². The van der Waals surface area contributed by atoms with Gasteiger partial charge in [0.1, 0.15) is 5.54 Å². The molecule has 0 N–H and O–H groups in total. The van der Waals surface area contributed by atoms with Crippen LogP contribution in [0.2, 0.25) is 5.15 Å². The van der Waals surface area contributed by atoms with Crippen LogP contribution in [0.3, 0.4) is 0 Å². The van der Waals surface area contributed by atoms with Gasteiger partial charge in [-0.05, 0) is 20.8 Å². The van der Waals surface area contributed by atoms with Gasteiger partial charge in [0.2, 0.25) is 6.08 Å². The third kappa shape index (κ3) is 1.86. The number of aryl methyl sites for hydroxylation is 1. The van der Waals surface area contributed by atoms with Crippen LogP contribution in [0, 0.1) is 0 Å². The van der Waals surface area contributed by atoms with Crippen molar-refractivity contribution < 1.29 is 4.79 Å². The molecule has 5 heteroatoms. The molecule has 0 bridgehead atoms. The summed E-state index contributed by atoms with van der Waals surface area (Å²) in [5.41, 5.74) is 0.0655. The fourth-order valence-corrected chi connectivity index (χ4v) is 1.75. The number of aliphatic imine (C=N–C) groups is 1. The maximum Gasteiger partial charge on any atom is 0.235 e. The molecule has 0 aromatic carbocycles. The fraction of sp³-hybridized carbons (Fsp3) is 0.556. The normalized spacial score (nSPS) is 11.1. The van der Waals surface area contributed by atoms with Crippen LogP contribution in [-0.2, 0) is 16.9 Å². The summed E-state index contributed by atoms with van der Waals surface area (Å²) in [6.07, 6.45) is 3.19. The second kappa shape index (κ2) is 3.95. The average Bonchev–Trinajstić information content (AvgIpc) is 2.47. The molecule has 0 spiro atoms. The van der Waals surface area contributed by atoms with Crippen LogP contribution in [0.5, 0.6) is 0 Å². The summed E-state index contributed by atoms with van der Waals surface area (Å²) in [6, 6.07) is 0. The van der Waals surface area contributed by atoms with Gasteiger partial charge in [-0.2, -0.15) is 4.99 Å². The smallest absolute Gasteiger partial charge is 0.235 e. The highest BCUT2D eigenvalue weighted by Gasteiger charge is 2.27. The van der Waals surface area contributed by atoms with Gasteiger partial charge in [0, 0.05) is 6.54 Å². The predicted octanol–water partition coefficient (Wildman–Crippen LogP) is 2.13. The van der Waals surface area contributed by atoms with Crippen LogP contribution >= 0.6 is 11.6 Å². The molecular formula is C9H12ClN3O. The lowest BCUT2D eigenvalue weighted by Crippen LogP contribution is -2.19. The molecule has 76 valence electrons. The standard InChI is InChI=1S/C9H12ClN3O/c1-4-13-5-11-8(10)7(13)9(2,3)12-6-14/h5H,4H2,1-3H3. The molecule has 1 aromatic rings. The number of halogens is 1. The van der Waals surface area contributed by atoms with Gasteiger partial charge in [-0.25, -0.2) is 9.78 Å². The molecule has 0 saturated heterocycles. The van der Waals surface area contributed by atoms with Crippen molar-refractivity contribution in [2.24, 2.45) is 4.99 Å². The first-order valence-corrected chi connectivity index (χ1v) is 4.71. The van der Waals surface area contributed by atoms with Gasteiger partial charge in [-0.3, -0.25) is 0 Å². The van der Waals surface area contributed by atoms with Crippen molar-refractivity contribution in [3.8, 4) is 0 Å². The van der Waals surface area contributed by atoms with Gasteiger partial charge in [0.05, 0.1) is 12.0 Å². The molecule has 4 nitrogen and oxygen atoms in total. The van der Waals surface area contributed by atoms with Crippen LogP contribution < -0.4 is 0 Å². The zero-order valence-corrected chi connectivity index (χ0v) is 9.17. The number of rotatable bonds is 3. The summed E-state index contributed by atoms with van der Waals surface area (Å²) in [4.78, 5) is 18.0. The summed E-state index contributed by atoms with van der Waals surface area (Å²) in [5, 5.41) is 0.385. The van der Waals surface area contributed by atoms with E-state index < -0.39 is 5.54 Å². The molecule has 0 fully saturated rings. The van der Waals surface area contributed by atoms with Crippen LogP contribution in [0.4, 0.5) is 0 Å². The summed E-state index contributed by atoms with van der Waals surface area (Å²) in [5.74, 6) is 0. The van der Waals surface area contributed by atoms with E-state index in [1.807, 2.05) is 11.5 Å². The van der Waals surface area contributed by atoms with E-state index in [4.69, 9.17) is 11.6 Å². The largest absolute Gasteiger partial charge is 0.331 e. The van der Waals surface area contributed by atoms with E-state index >= 15 is 0 Å². The molecule has 0 radical (unpaired) electrons. The molecule has 1 heterocycles. The molecule has 0 aliphatic rings. The molecule has 0 aliphatic carbocycles. The van der Waals surface area contributed by atoms with Gasteiger partial charge in [0.25, 0.3) is 0 Å². The van der Waals surface area contributed by atoms with Gasteiger partial charge >= 0.3 is 0 Å².